The molecule has 0 N–H and O–H groups in total. The molecule has 33 heavy (non-hydrogen) atoms. The van der Waals surface area contributed by atoms with E-state index in [-0.39, 0.29) is 45.0 Å². The molecule has 0 radical (unpaired) electrons. The van der Waals surface area contributed by atoms with Crippen molar-refractivity contribution >= 4 is 28.9 Å². The minimum Gasteiger partial charge on any atom is -0.453 e. The molecule has 0 atom stereocenters. The second-order valence-electron chi connectivity index (χ2n) is 7.36. The summed E-state index contributed by atoms with van der Waals surface area (Å²) in [5.41, 5.74) is 2.28. The number of rotatable bonds is 6. The van der Waals surface area contributed by atoms with Crippen molar-refractivity contribution in [1.29, 1.82) is 5.26 Å². The van der Waals surface area contributed by atoms with E-state index in [1.54, 1.807) is 0 Å². The normalized spacial score (nSPS) is 10.7. The van der Waals surface area contributed by atoms with Gasteiger partial charge < -0.3 is 14.1 Å². The van der Waals surface area contributed by atoms with Gasteiger partial charge in [-0.25, -0.2) is 4.39 Å². The molecule has 0 saturated heterocycles. The van der Waals surface area contributed by atoms with Crippen LogP contribution in [0, 0.1) is 17.1 Å². The number of nitrogens with zero attached hydrogens (tertiary/aromatic N) is 4. The average Bonchev–Trinajstić information content (AvgIpc) is 3.27. The lowest BCUT2D eigenvalue weighted by atomic mass is 10.1. The number of ether oxygens (including phenoxy) is 1. The largest absolute Gasteiger partial charge is 0.453 e. The Morgan fingerprint density at radius 2 is 1.91 bits per heavy atom. The van der Waals surface area contributed by atoms with Crippen molar-refractivity contribution in [3.05, 3.63) is 87.5 Å². The highest BCUT2D eigenvalue weighted by Crippen LogP contribution is 2.36. The van der Waals surface area contributed by atoms with E-state index in [1.807, 2.05) is 49.3 Å². The molecule has 1 heterocycles. The second-order valence-corrected chi connectivity index (χ2v) is 8.21. The van der Waals surface area contributed by atoms with E-state index in [0.717, 1.165) is 11.3 Å². The molecule has 4 aromatic rings. The van der Waals surface area contributed by atoms with Crippen molar-refractivity contribution < 1.29 is 13.5 Å². The fourth-order valence-electron chi connectivity index (χ4n) is 3.13. The van der Waals surface area contributed by atoms with Crippen molar-refractivity contribution in [2.75, 3.05) is 19.0 Å². The van der Waals surface area contributed by atoms with Crippen molar-refractivity contribution in [2.45, 2.75) is 6.42 Å². The fraction of sp³-hybridized carbons (Fsp3) is 0.125. The standard InChI is InChI=1S/C24H17Cl2FN4O2/c1-31(2)18-5-3-4-16(10-18)24-30-29-21(33-24)11-15-6-7-20(26)23(22(15)27)32-19-9-14(13-28)8-17(25)12-19/h3-10,12H,11H2,1-2H3. The van der Waals surface area contributed by atoms with Crippen LogP contribution in [0.4, 0.5) is 10.1 Å². The molecule has 6 nitrogen and oxygen atoms in total. The molecule has 4 rings (SSSR count). The number of benzene rings is 3. The molecule has 0 saturated carbocycles. The van der Waals surface area contributed by atoms with E-state index < -0.39 is 5.82 Å². The zero-order valence-corrected chi connectivity index (χ0v) is 19.2. The van der Waals surface area contributed by atoms with Gasteiger partial charge in [0.15, 0.2) is 11.6 Å². The summed E-state index contributed by atoms with van der Waals surface area (Å²) in [6.45, 7) is 0. The second kappa shape index (κ2) is 9.49. The van der Waals surface area contributed by atoms with Crippen LogP contribution in [0.3, 0.4) is 0 Å². The first-order valence-electron chi connectivity index (χ1n) is 9.79. The van der Waals surface area contributed by atoms with Crippen LogP contribution in [-0.4, -0.2) is 24.3 Å². The van der Waals surface area contributed by atoms with Gasteiger partial charge in [-0.3, -0.25) is 0 Å². The molecule has 3 aromatic carbocycles. The summed E-state index contributed by atoms with van der Waals surface area (Å²) in [4.78, 5) is 1.96. The molecule has 0 spiro atoms. The molecule has 1 aromatic heterocycles. The summed E-state index contributed by atoms with van der Waals surface area (Å²) in [6.07, 6.45) is 0.0404. The third-order valence-corrected chi connectivity index (χ3v) is 5.28. The quantitative estimate of drug-likeness (QED) is 0.312. The molecular formula is C24H17Cl2FN4O2. The summed E-state index contributed by atoms with van der Waals surface area (Å²) in [5.74, 6) is -0.0867. The SMILES string of the molecule is CN(C)c1cccc(-c2nnc(Cc3ccc(Cl)c(Oc4cc(Cl)cc(C#N)c4)c3F)o2)c1. The Labute approximate surface area is 199 Å². The Morgan fingerprint density at radius 1 is 1.09 bits per heavy atom. The van der Waals surface area contributed by atoms with Gasteiger partial charge in [-0.05, 0) is 42.5 Å². The Kier molecular flexibility index (Phi) is 6.50. The summed E-state index contributed by atoms with van der Waals surface area (Å²) in [6, 6.07) is 17.0. The van der Waals surface area contributed by atoms with Gasteiger partial charge in [0.2, 0.25) is 11.8 Å². The maximum absolute atomic E-state index is 15.3. The molecule has 166 valence electrons. The first-order chi connectivity index (χ1) is 15.8. The van der Waals surface area contributed by atoms with Gasteiger partial charge in [0, 0.05) is 35.9 Å². The highest BCUT2D eigenvalue weighted by atomic mass is 35.5. The third kappa shape index (κ3) is 5.08. The van der Waals surface area contributed by atoms with Crippen LogP contribution < -0.4 is 9.64 Å². The molecule has 0 aliphatic carbocycles. The summed E-state index contributed by atoms with van der Waals surface area (Å²) >= 11 is 12.2. The number of hydrogen-bond donors (Lipinski definition) is 0. The summed E-state index contributed by atoms with van der Waals surface area (Å²) in [5, 5.41) is 17.6. The molecule has 0 unspecified atom stereocenters. The average molecular weight is 483 g/mol. The maximum atomic E-state index is 15.3. The van der Waals surface area contributed by atoms with Crippen LogP contribution in [-0.2, 0) is 6.42 Å². The minimum absolute atomic E-state index is 0.0404. The molecule has 0 aliphatic rings. The van der Waals surface area contributed by atoms with Crippen molar-refractivity contribution in [3.63, 3.8) is 0 Å². The van der Waals surface area contributed by atoms with Gasteiger partial charge in [0.25, 0.3) is 0 Å². The zero-order chi connectivity index (χ0) is 23.5. The summed E-state index contributed by atoms with van der Waals surface area (Å²) in [7, 11) is 3.87. The fourth-order valence-corrected chi connectivity index (χ4v) is 3.54. The predicted molar refractivity (Wildman–Crippen MR) is 125 cm³/mol. The number of aromatic nitrogens is 2. The molecule has 0 aliphatic heterocycles. The van der Waals surface area contributed by atoms with Crippen molar-refractivity contribution in [3.8, 4) is 29.0 Å². The lowest BCUT2D eigenvalue weighted by Crippen LogP contribution is -2.08. The van der Waals surface area contributed by atoms with Crippen LogP contribution in [0.2, 0.25) is 10.0 Å². The Morgan fingerprint density at radius 3 is 2.67 bits per heavy atom. The Hall–Kier alpha value is -3.60. The topological polar surface area (TPSA) is 75.2 Å². The molecule has 0 fully saturated rings. The smallest absolute Gasteiger partial charge is 0.247 e. The van der Waals surface area contributed by atoms with Gasteiger partial charge in [-0.2, -0.15) is 5.26 Å². The number of hydrogen-bond acceptors (Lipinski definition) is 6. The third-order valence-electron chi connectivity index (χ3n) is 4.77. The number of halogens is 3. The van der Waals surface area contributed by atoms with Crippen LogP contribution in [0.25, 0.3) is 11.5 Å². The van der Waals surface area contributed by atoms with Crippen molar-refractivity contribution in [2.24, 2.45) is 0 Å². The van der Waals surface area contributed by atoms with E-state index >= 15 is 4.39 Å². The summed E-state index contributed by atoms with van der Waals surface area (Å²) < 4.78 is 26.7. The van der Waals surface area contributed by atoms with Gasteiger partial charge in [0.1, 0.15) is 5.75 Å². The van der Waals surface area contributed by atoms with E-state index in [4.69, 9.17) is 37.6 Å². The Balaban J connectivity index is 1.60. The van der Waals surface area contributed by atoms with Crippen LogP contribution in [0.1, 0.15) is 17.0 Å². The molecule has 9 heteroatoms. The van der Waals surface area contributed by atoms with Gasteiger partial charge in [0.05, 0.1) is 23.1 Å². The Bertz CT molecular complexity index is 1370. The van der Waals surface area contributed by atoms with E-state index in [0.29, 0.717) is 5.89 Å². The minimum atomic E-state index is -0.671. The zero-order valence-electron chi connectivity index (χ0n) is 17.6. The van der Waals surface area contributed by atoms with Crippen LogP contribution >= 0.6 is 23.2 Å². The van der Waals surface area contributed by atoms with E-state index in [9.17, 15) is 0 Å². The van der Waals surface area contributed by atoms with Crippen LogP contribution in [0.15, 0.2) is 59.0 Å². The van der Waals surface area contributed by atoms with Crippen molar-refractivity contribution in [1.82, 2.24) is 10.2 Å². The van der Waals surface area contributed by atoms with Gasteiger partial charge in [-0.15, -0.1) is 10.2 Å². The molecule has 0 bridgehead atoms. The predicted octanol–water partition coefficient (Wildman–Crippen LogP) is 6.50. The number of anilines is 1. The highest BCUT2D eigenvalue weighted by molar-refractivity contribution is 6.32. The number of nitriles is 1. The molecule has 0 amide bonds. The highest BCUT2D eigenvalue weighted by Gasteiger charge is 2.18. The van der Waals surface area contributed by atoms with Crippen LogP contribution in [0.5, 0.6) is 11.5 Å². The lowest BCUT2D eigenvalue weighted by Gasteiger charge is -2.12. The van der Waals surface area contributed by atoms with E-state index in [2.05, 4.69) is 10.2 Å². The monoisotopic (exact) mass is 482 g/mol. The maximum Gasteiger partial charge on any atom is 0.247 e. The molecular weight excluding hydrogens is 466 g/mol. The first kappa shape index (κ1) is 22.6. The van der Waals surface area contributed by atoms with Gasteiger partial charge >= 0.3 is 0 Å². The van der Waals surface area contributed by atoms with E-state index in [1.165, 1.54) is 30.3 Å². The lowest BCUT2D eigenvalue weighted by molar-refractivity contribution is 0.437. The van der Waals surface area contributed by atoms with Gasteiger partial charge in [-0.1, -0.05) is 35.3 Å². The first-order valence-corrected chi connectivity index (χ1v) is 10.5.